The summed E-state index contributed by atoms with van der Waals surface area (Å²) < 4.78 is 0. The maximum atomic E-state index is 11.3. The molecule has 0 aromatic rings. The number of carbonyl (C=O) groups excluding carboxylic acids is 2. The van der Waals surface area contributed by atoms with E-state index in [9.17, 15) is 9.59 Å². The van der Waals surface area contributed by atoms with Crippen LogP contribution in [0, 0.1) is 5.92 Å². The van der Waals surface area contributed by atoms with Crippen LogP contribution in [0.1, 0.15) is 33.6 Å². The van der Waals surface area contributed by atoms with Crippen LogP contribution in [-0.2, 0) is 9.59 Å². The highest BCUT2D eigenvalue weighted by Gasteiger charge is 2.14. The minimum Gasteiger partial charge on any atom is -0.346 e. The third kappa shape index (κ3) is 6.02. The van der Waals surface area contributed by atoms with E-state index >= 15 is 0 Å². The van der Waals surface area contributed by atoms with Gasteiger partial charge in [0, 0.05) is 6.42 Å². The number of rotatable bonds is 6. The van der Waals surface area contributed by atoms with Crippen LogP contribution in [0.3, 0.4) is 0 Å². The normalized spacial score (nSPS) is 14.9. The highest BCUT2D eigenvalue weighted by atomic mass is 32.1. The molecule has 3 nitrogen and oxygen atoms in total. The quantitative estimate of drug-likeness (QED) is 0.522. The first kappa shape index (κ1) is 13.5. The van der Waals surface area contributed by atoms with Crippen molar-refractivity contribution in [1.29, 1.82) is 0 Å². The van der Waals surface area contributed by atoms with E-state index in [1.165, 1.54) is 0 Å². The van der Waals surface area contributed by atoms with Crippen molar-refractivity contribution in [3.63, 3.8) is 0 Å². The third-order valence-corrected chi connectivity index (χ3v) is 2.24. The van der Waals surface area contributed by atoms with Crippen molar-refractivity contribution in [2.24, 2.45) is 5.92 Å². The Bertz CT molecular complexity index is 193. The Balaban J connectivity index is 3.85. The van der Waals surface area contributed by atoms with Crippen LogP contribution in [0.15, 0.2) is 0 Å². The largest absolute Gasteiger partial charge is 0.346 e. The second-order valence-corrected chi connectivity index (χ2v) is 4.74. The molecule has 0 fully saturated rings. The zero-order chi connectivity index (χ0) is 11.1. The number of thiol groups is 1. The van der Waals surface area contributed by atoms with E-state index in [1.807, 2.05) is 20.8 Å². The van der Waals surface area contributed by atoms with Crippen LogP contribution >= 0.6 is 12.6 Å². The molecule has 1 amide bonds. The maximum Gasteiger partial charge on any atom is 0.220 e. The summed E-state index contributed by atoms with van der Waals surface area (Å²) in [6.07, 6.45) is 1.95. The number of amides is 1. The predicted molar refractivity (Wildman–Crippen MR) is 60.5 cm³/mol. The number of carbonyl (C=O) groups is 2. The van der Waals surface area contributed by atoms with Gasteiger partial charge in [0.15, 0.2) is 0 Å². The first-order chi connectivity index (χ1) is 6.47. The Kier molecular flexibility index (Phi) is 6.62. The van der Waals surface area contributed by atoms with Gasteiger partial charge in [0.1, 0.15) is 6.29 Å². The Morgan fingerprint density at radius 1 is 1.43 bits per heavy atom. The SMILES string of the molecule is CC(S)CCC(=O)N[C@H](C=O)C(C)C. The van der Waals surface area contributed by atoms with Crippen LogP contribution < -0.4 is 5.32 Å². The monoisotopic (exact) mass is 217 g/mol. The molecule has 0 saturated carbocycles. The zero-order valence-corrected chi connectivity index (χ0v) is 9.88. The molecule has 1 N–H and O–H groups in total. The van der Waals surface area contributed by atoms with Crippen molar-refractivity contribution >= 4 is 24.8 Å². The van der Waals surface area contributed by atoms with Gasteiger partial charge in [-0.25, -0.2) is 0 Å². The van der Waals surface area contributed by atoms with Crippen LogP contribution in [-0.4, -0.2) is 23.5 Å². The molecule has 0 spiro atoms. The summed E-state index contributed by atoms with van der Waals surface area (Å²) in [5.41, 5.74) is 0. The van der Waals surface area contributed by atoms with Crippen molar-refractivity contribution in [3.05, 3.63) is 0 Å². The lowest BCUT2D eigenvalue weighted by molar-refractivity contribution is -0.124. The molecule has 0 aliphatic heterocycles. The number of aldehydes is 1. The predicted octanol–water partition coefficient (Wildman–Crippen LogP) is 1.42. The van der Waals surface area contributed by atoms with Gasteiger partial charge in [0.25, 0.3) is 0 Å². The first-order valence-electron chi connectivity index (χ1n) is 4.90. The van der Waals surface area contributed by atoms with Crippen molar-refractivity contribution in [1.82, 2.24) is 5.32 Å². The molecule has 0 radical (unpaired) electrons. The fraction of sp³-hybridized carbons (Fsp3) is 0.800. The van der Waals surface area contributed by atoms with Gasteiger partial charge in [0.2, 0.25) is 5.91 Å². The lowest BCUT2D eigenvalue weighted by atomic mass is 10.1. The minimum absolute atomic E-state index is 0.0725. The van der Waals surface area contributed by atoms with Gasteiger partial charge in [-0.05, 0) is 17.6 Å². The molecule has 0 aliphatic rings. The number of hydrogen-bond acceptors (Lipinski definition) is 3. The topological polar surface area (TPSA) is 46.2 Å². The fourth-order valence-electron chi connectivity index (χ4n) is 0.956. The maximum absolute atomic E-state index is 11.3. The molecule has 82 valence electrons. The lowest BCUT2D eigenvalue weighted by Gasteiger charge is -2.16. The Morgan fingerprint density at radius 3 is 2.36 bits per heavy atom. The van der Waals surface area contributed by atoms with E-state index in [-0.39, 0.29) is 23.1 Å². The van der Waals surface area contributed by atoms with Crippen molar-refractivity contribution < 1.29 is 9.59 Å². The average Bonchev–Trinajstić information content (AvgIpc) is 2.10. The highest BCUT2D eigenvalue weighted by molar-refractivity contribution is 7.80. The second kappa shape index (κ2) is 6.87. The van der Waals surface area contributed by atoms with Crippen LogP contribution in [0.4, 0.5) is 0 Å². The Labute approximate surface area is 91.1 Å². The molecule has 0 aromatic carbocycles. The standard InChI is InChI=1S/C10H19NO2S/c1-7(2)9(6-12)11-10(13)5-4-8(3)14/h6-9,14H,4-5H2,1-3H3,(H,11,13)/t8?,9-/m1/s1. The summed E-state index contributed by atoms with van der Waals surface area (Å²) in [6, 6.07) is -0.363. The third-order valence-electron chi connectivity index (χ3n) is 1.98. The summed E-state index contributed by atoms with van der Waals surface area (Å²) >= 11 is 4.18. The van der Waals surface area contributed by atoms with Crippen molar-refractivity contribution in [2.75, 3.05) is 0 Å². The molecule has 0 rings (SSSR count). The molecular weight excluding hydrogens is 198 g/mol. The summed E-state index contributed by atoms with van der Waals surface area (Å²) in [4.78, 5) is 21.9. The van der Waals surface area contributed by atoms with Crippen molar-refractivity contribution in [2.45, 2.75) is 44.9 Å². The zero-order valence-electron chi connectivity index (χ0n) is 8.99. The van der Waals surface area contributed by atoms with E-state index in [1.54, 1.807) is 0 Å². The molecule has 0 saturated heterocycles. The summed E-state index contributed by atoms with van der Waals surface area (Å²) in [5.74, 6) is 0.0709. The highest BCUT2D eigenvalue weighted by Crippen LogP contribution is 2.04. The van der Waals surface area contributed by atoms with Crippen LogP contribution in [0.5, 0.6) is 0 Å². The number of hydrogen-bond donors (Lipinski definition) is 2. The van der Waals surface area contributed by atoms with E-state index in [4.69, 9.17) is 0 Å². The smallest absolute Gasteiger partial charge is 0.220 e. The van der Waals surface area contributed by atoms with E-state index in [0.29, 0.717) is 6.42 Å². The molecule has 2 atom stereocenters. The van der Waals surface area contributed by atoms with Gasteiger partial charge in [-0.15, -0.1) is 0 Å². The summed E-state index contributed by atoms with van der Waals surface area (Å²) in [5, 5.41) is 2.90. The van der Waals surface area contributed by atoms with Gasteiger partial charge in [0.05, 0.1) is 6.04 Å². The van der Waals surface area contributed by atoms with Crippen LogP contribution in [0.25, 0.3) is 0 Å². The molecule has 0 bridgehead atoms. The van der Waals surface area contributed by atoms with Crippen LogP contribution in [0.2, 0.25) is 0 Å². The Morgan fingerprint density at radius 2 is 2.00 bits per heavy atom. The Hall–Kier alpha value is -0.510. The fourth-order valence-corrected chi connectivity index (χ4v) is 1.08. The van der Waals surface area contributed by atoms with Gasteiger partial charge >= 0.3 is 0 Å². The minimum atomic E-state index is -0.363. The van der Waals surface area contributed by atoms with Gasteiger partial charge in [-0.2, -0.15) is 12.6 Å². The average molecular weight is 217 g/mol. The summed E-state index contributed by atoms with van der Waals surface area (Å²) in [7, 11) is 0. The molecule has 0 heterocycles. The number of nitrogens with one attached hydrogen (secondary N) is 1. The molecule has 14 heavy (non-hydrogen) atoms. The van der Waals surface area contributed by atoms with Crippen molar-refractivity contribution in [3.8, 4) is 0 Å². The molecular formula is C10H19NO2S. The van der Waals surface area contributed by atoms with E-state index in [2.05, 4.69) is 17.9 Å². The summed E-state index contributed by atoms with van der Waals surface area (Å²) in [6.45, 7) is 5.75. The van der Waals surface area contributed by atoms with E-state index < -0.39 is 0 Å². The second-order valence-electron chi connectivity index (χ2n) is 3.86. The van der Waals surface area contributed by atoms with E-state index in [0.717, 1.165) is 12.7 Å². The molecule has 1 unspecified atom stereocenters. The van der Waals surface area contributed by atoms with Gasteiger partial charge in [-0.3, -0.25) is 4.79 Å². The molecule has 0 aromatic heterocycles. The molecule has 0 aliphatic carbocycles. The van der Waals surface area contributed by atoms with Gasteiger partial charge in [-0.1, -0.05) is 20.8 Å². The first-order valence-corrected chi connectivity index (χ1v) is 5.41. The lowest BCUT2D eigenvalue weighted by Crippen LogP contribution is -2.39. The van der Waals surface area contributed by atoms with Gasteiger partial charge < -0.3 is 10.1 Å². The molecule has 4 heteroatoms.